The number of hydrogen-bond donors (Lipinski definition) is 3. The van der Waals surface area contributed by atoms with Crippen molar-refractivity contribution in [1.29, 1.82) is 0 Å². The minimum atomic E-state index is 0.00640. The van der Waals surface area contributed by atoms with Crippen LogP contribution in [0.2, 0.25) is 0 Å². The predicted octanol–water partition coefficient (Wildman–Crippen LogP) is 1.21. The van der Waals surface area contributed by atoms with Crippen LogP contribution in [0.5, 0.6) is 0 Å². The van der Waals surface area contributed by atoms with Gasteiger partial charge < -0.3 is 16.0 Å². The second kappa shape index (κ2) is 5.85. The Kier molecular flexibility index (Phi) is 3.93. The van der Waals surface area contributed by atoms with E-state index in [4.69, 9.17) is 0 Å². The van der Waals surface area contributed by atoms with Crippen LogP contribution < -0.4 is 16.0 Å². The number of benzene rings is 1. The molecule has 0 aromatic heterocycles. The number of amides is 2. The molecule has 1 unspecified atom stereocenters. The first-order chi connectivity index (χ1) is 9.70. The standard InChI is InChI=1S/C14H17N3O2S/c18-13-6-9-5-10(1-2-12(9)17-13)16-14(19)7-11-8-20-4-3-15-11/h1-2,5,11,15H,3-4,6-8H2,(H,16,19)(H,17,18). The van der Waals surface area contributed by atoms with Gasteiger partial charge in [-0.05, 0) is 23.8 Å². The molecule has 1 fully saturated rings. The van der Waals surface area contributed by atoms with E-state index in [1.54, 1.807) is 0 Å². The van der Waals surface area contributed by atoms with Gasteiger partial charge in [-0.1, -0.05) is 0 Å². The Balaban J connectivity index is 1.59. The van der Waals surface area contributed by atoms with E-state index in [1.807, 2.05) is 30.0 Å². The Labute approximate surface area is 121 Å². The third-order valence-electron chi connectivity index (χ3n) is 3.44. The molecule has 20 heavy (non-hydrogen) atoms. The highest BCUT2D eigenvalue weighted by atomic mass is 32.2. The Morgan fingerprint density at radius 3 is 3.15 bits per heavy atom. The number of carbonyl (C=O) groups excluding carboxylic acids is 2. The van der Waals surface area contributed by atoms with Crippen LogP contribution in [0.25, 0.3) is 0 Å². The zero-order valence-electron chi connectivity index (χ0n) is 11.1. The SMILES string of the molecule is O=C(CC1CSCCN1)Nc1ccc2c(c1)CC(=O)N2. The minimum Gasteiger partial charge on any atom is -0.326 e. The van der Waals surface area contributed by atoms with Gasteiger partial charge in [0.1, 0.15) is 0 Å². The lowest BCUT2D eigenvalue weighted by Crippen LogP contribution is -2.39. The first kappa shape index (κ1) is 13.5. The summed E-state index contributed by atoms with van der Waals surface area (Å²) in [5.74, 6) is 2.12. The van der Waals surface area contributed by atoms with Crippen molar-refractivity contribution in [3.63, 3.8) is 0 Å². The average molecular weight is 291 g/mol. The Hall–Kier alpha value is -1.53. The van der Waals surface area contributed by atoms with Crippen LogP contribution in [-0.4, -0.2) is 35.9 Å². The van der Waals surface area contributed by atoms with Gasteiger partial charge in [0.15, 0.2) is 0 Å². The molecule has 1 atom stereocenters. The molecule has 3 N–H and O–H groups in total. The van der Waals surface area contributed by atoms with E-state index < -0.39 is 0 Å². The summed E-state index contributed by atoms with van der Waals surface area (Å²) in [5, 5.41) is 9.03. The monoisotopic (exact) mass is 291 g/mol. The van der Waals surface area contributed by atoms with Gasteiger partial charge in [-0.3, -0.25) is 9.59 Å². The molecule has 6 heteroatoms. The number of fused-ring (bicyclic) bond motifs is 1. The van der Waals surface area contributed by atoms with Gasteiger partial charge in [-0.2, -0.15) is 11.8 Å². The first-order valence-corrected chi connectivity index (χ1v) is 7.90. The van der Waals surface area contributed by atoms with Gasteiger partial charge >= 0.3 is 0 Å². The van der Waals surface area contributed by atoms with E-state index in [0.717, 1.165) is 35.0 Å². The lowest BCUT2D eigenvalue weighted by molar-refractivity contribution is -0.116. The van der Waals surface area contributed by atoms with Crippen LogP contribution in [0.4, 0.5) is 11.4 Å². The summed E-state index contributed by atoms with van der Waals surface area (Å²) < 4.78 is 0. The van der Waals surface area contributed by atoms with Gasteiger partial charge in [0.2, 0.25) is 11.8 Å². The molecule has 2 amide bonds. The van der Waals surface area contributed by atoms with Crippen molar-refractivity contribution in [2.75, 3.05) is 28.7 Å². The summed E-state index contributed by atoms with van der Waals surface area (Å²) >= 11 is 1.88. The highest BCUT2D eigenvalue weighted by molar-refractivity contribution is 7.99. The molecule has 1 saturated heterocycles. The second-order valence-electron chi connectivity index (χ2n) is 5.08. The molecule has 5 nitrogen and oxygen atoms in total. The topological polar surface area (TPSA) is 70.2 Å². The summed E-state index contributed by atoms with van der Waals surface area (Å²) in [4.78, 5) is 23.3. The average Bonchev–Trinajstić information content (AvgIpc) is 2.79. The molecule has 0 bridgehead atoms. The summed E-state index contributed by atoms with van der Waals surface area (Å²) in [5.41, 5.74) is 2.55. The fraction of sp³-hybridized carbons (Fsp3) is 0.429. The molecule has 3 rings (SSSR count). The maximum Gasteiger partial charge on any atom is 0.228 e. The lowest BCUT2D eigenvalue weighted by atomic mass is 10.1. The number of rotatable bonds is 3. The normalized spacial score (nSPS) is 21.2. The fourth-order valence-corrected chi connectivity index (χ4v) is 3.44. The second-order valence-corrected chi connectivity index (χ2v) is 6.22. The minimum absolute atomic E-state index is 0.00640. The molecule has 1 aromatic rings. The Bertz CT molecular complexity index is 541. The van der Waals surface area contributed by atoms with E-state index >= 15 is 0 Å². The smallest absolute Gasteiger partial charge is 0.228 e. The summed E-state index contributed by atoms with van der Waals surface area (Å²) in [6, 6.07) is 5.79. The predicted molar refractivity (Wildman–Crippen MR) is 81.1 cm³/mol. The maximum absolute atomic E-state index is 12.0. The van der Waals surface area contributed by atoms with E-state index in [-0.39, 0.29) is 17.9 Å². The lowest BCUT2D eigenvalue weighted by Gasteiger charge is -2.22. The van der Waals surface area contributed by atoms with E-state index in [2.05, 4.69) is 16.0 Å². The van der Waals surface area contributed by atoms with Gasteiger partial charge in [0, 0.05) is 41.9 Å². The molecular weight excluding hydrogens is 274 g/mol. The molecule has 106 valence electrons. The van der Waals surface area contributed by atoms with Crippen LogP contribution >= 0.6 is 11.8 Å². The van der Waals surface area contributed by atoms with E-state index in [1.165, 1.54) is 0 Å². The maximum atomic E-state index is 12.0. The summed E-state index contributed by atoms with van der Waals surface area (Å²) in [6.45, 7) is 0.967. The van der Waals surface area contributed by atoms with Gasteiger partial charge in [-0.25, -0.2) is 0 Å². The molecule has 0 spiro atoms. The van der Waals surface area contributed by atoms with Gasteiger partial charge in [0.05, 0.1) is 6.42 Å². The number of thioether (sulfide) groups is 1. The van der Waals surface area contributed by atoms with Crippen LogP contribution in [0.1, 0.15) is 12.0 Å². The zero-order valence-corrected chi connectivity index (χ0v) is 11.9. The van der Waals surface area contributed by atoms with Crippen molar-refractivity contribution < 1.29 is 9.59 Å². The summed E-state index contributed by atoms with van der Waals surface area (Å²) in [6.07, 6.45) is 0.876. The quantitative estimate of drug-likeness (QED) is 0.783. The molecule has 0 saturated carbocycles. The number of carbonyl (C=O) groups is 2. The van der Waals surface area contributed by atoms with Crippen molar-refractivity contribution in [2.45, 2.75) is 18.9 Å². The van der Waals surface area contributed by atoms with Crippen molar-refractivity contribution in [3.05, 3.63) is 23.8 Å². The highest BCUT2D eigenvalue weighted by Gasteiger charge is 2.19. The van der Waals surface area contributed by atoms with E-state index in [9.17, 15) is 9.59 Å². The highest BCUT2D eigenvalue weighted by Crippen LogP contribution is 2.26. The molecule has 1 aromatic carbocycles. The third kappa shape index (κ3) is 3.13. The fourth-order valence-electron chi connectivity index (χ4n) is 2.49. The molecule has 0 aliphatic carbocycles. The first-order valence-electron chi connectivity index (χ1n) is 6.74. The van der Waals surface area contributed by atoms with Crippen molar-refractivity contribution >= 4 is 35.0 Å². The zero-order chi connectivity index (χ0) is 13.9. The molecule has 2 heterocycles. The van der Waals surface area contributed by atoms with E-state index in [0.29, 0.717) is 12.8 Å². The largest absolute Gasteiger partial charge is 0.326 e. The van der Waals surface area contributed by atoms with Crippen LogP contribution in [0, 0.1) is 0 Å². The molecular formula is C14H17N3O2S. The van der Waals surface area contributed by atoms with Gasteiger partial charge in [0.25, 0.3) is 0 Å². The van der Waals surface area contributed by atoms with Crippen molar-refractivity contribution in [2.24, 2.45) is 0 Å². The molecule has 2 aliphatic heterocycles. The summed E-state index contributed by atoms with van der Waals surface area (Å²) in [7, 11) is 0. The molecule has 2 aliphatic rings. The number of nitrogens with one attached hydrogen (secondary N) is 3. The Morgan fingerprint density at radius 1 is 1.45 bits per heavy atom. The van der Waals surface area contributed by atoms with Crippen LogP contribution in [0.15, 0.2) is 18.2 Å². The number of hydrogen-bond acceptors (Lipinski definition) is 4. The van der Waals surface area contributed by atoms with Crippen molar-refractivity contribution in [1.82, 2.24) is 5.32 Å². The Morgan fingerprint density at radius 2 is 2.35 bits per heavy atom. The third-order valence-corrected chi connectivity index (χ3v) is 4.58. The molecule has 0 radical (unpaired) electrons. The van der Waals surface area contributed by atoms with Crippen LogP contribution in [-0.2, 0) is 16.0 Å². The van der Waals surface area contributed by atoms with Crippen molar-refractivity contribution in [3.8, 4) is 0 Å². The van der Waals surface area contributed by atoms with Gasteiger partial charge in [-0.15, -0.1) is 0 Å². The van der Waals surface area contributed by atoms with Crippen LogP contribution in [0.3, 0.4) is 0 Å². The number of anilines is 2.